The van der Waals surface area contributed by atoms with E-state index >= 15 is 0 Å². The molecule has 3 heteroatoms. The van der Waals surface area contributed by atoms with E-state index in [1.165, 1.54) is 0 Å². The quantitative estimate of drug-likeness (QED) is 0.405. The van der Waals surface area contributed by atoms with E-state index in [4.69, 9.17) is 5.11 Å². The van der Waals surface area contributed by atoms with Gasteiger partial charge in [0.15, 0.2) is 0 Å². The largest absolute Gasteiger partial charge is 0.553 e. The van der Waals surface area contributed by atoms with E-state index in [1.54, 1.807) is 0 Å². The van der Waals surface area contributed by atoms with Gasteiger partial charge in [-0.05, 0) is 0 Å². The van der Waals surface area contributed by atoms with Crippen LogP contribution in [0.3, 0.4) is 0 Å². The minimum atomic E-state index is 0. The van der Waals surface area contributed by atoms with Gasteiger partial charge in [-0.1, -0.05) is 0 Å². The normalized spacial score (nSPS) is 2.00. The zero-order valence-corrected chi connectivity index (χ0v) is 10.6. The van der Waals surface area contributed by atoms with Gasteiger partial charge < -0.3 is 19.1 Å². The Morgan fingerprint density at radius 2 is 1.50 bits per heavy atom. The number of hydrogen-bond donors (Lipinski definition) is 1. The Balaban J connectivity index is -0.00000000667. The van der Waals surface area contributed by atoms with Crippen molar-refractivity contribution in [3.05, 3.63) is 20.3 Å². The fraction of sp³-hybridized carbons (Fsp3) is 0. The van der Waals surface area contributed by atoms with E-state index in [-0.39, 0.29) is 59.6 Å². The molecule has 0 heterocycles. The van der Waals surface area contributed by atoms with Crippen LogP contribution in [0.1, 0.15) is 0 Å². The summed E-state index contributed by atoms with van der Waals surface area (Å²) >= 11 is 0. The number of hydrogen-bond acceptors (Lipinski definition) is 1. The fourth-order valence-electron chi connectivity index (χ4n) is 0. The minimum absolute atomic E-state index is 0. The molecular formula is C3H6OUW-2. The first-order chi connectivity index (χ1) is 1.41. The summed E-state index contributed by atoms with van der Waals surface area (Å²) in [5.41, 5.74) is 0. The van der Waals surface area contributed by atoms with Crippen molar-refractivity contribution in [2.45, 2.75) is 0 Å². The van der Waals surface area contributed by atoms with Crippen molar-refractivity contribution in [2.24, 2.45) is 0 Å². The summed E-state index contributed by atoms with van der Waals surface area (Å²) in [7, 11) is 0. The van der Waals surface area contributed by atoms with Crippen LogP contribution in [0.4, 0.5) is 0 Å². The summed E-state index contributed by atoms with van der Waals surface area (Å²) in [5, 5.41) is 7.22. The van der Waals surface area contributed by atoms with Crippen LogP contribution in [0.15, 0.2) is 6.26 Å². The third kappa shape index (κ3) is 59.0. The first-order valence-electron chi connectivity index (χ1n) is 0.592. The summed E-state index contributed by atoms with van der Waals surface area (Å²) in [6.07, 6.45) is 0.500. The number of aliphatic hydroxyl groups excluding tert-OH is 1. The number of rotatable bonds is 0. The molecule has 0 spiro atoms. The average Bonchev–Trinajstić information content (AvgIpc) is 0.918. The second-order valence-corrected chi connectivity index (χ2v) is 0.149. The van der Waals surface area contributed by atoms with Crippen LogP contribution >= 0.6 is 0 Å². The van der Waals surface area contributed by atoms with Gasteiger partial charge in [0.2, 0.25) is 0 Å². The zero-order valence-electron chi connectivity index (χ0n) is 3.51. The van der Waals surface area contributed by atoms with E-state index < -0.39 is 0 Å². The van der Waals surface area contributed by atoms with E-state index in [2.05, 4.69) is 6.58 Å². The molecule has 0 amide bonds. The molecule has 1 N–H and O–H groups in total. The Hall–Kier alpha value is 1.28. The SMILES string of the molecule is [CH-]=CO.[CH3-].[U].[W]. The molecule has 0 aliphatic heterocycles. The van der Waals surface area contributed by atoms with Gasteiger partial charge >= 0.3 is 0 Å². The van der Waals surface area contributed by atoms with Gasteiger partial charge in [0.1, 0.15) is 0 Å². The summed E-state index contributed by atoms with van der Waals surface area (Å²) in [5.74, 6) is 0. The maximum atomic E-state index is 7.22. The summed E-state index contributed by atoms with van der Waals surface area (Å²) in [4.78, 5) is 0. The van der Waals surface area contributed by atoms with Gasteiger partial charge in [-0.15, -0.1) is 6.26 Å². The van der Waals surface area contributed by atoms with Crippen molar-refractivity contribution < 1.29 is 57.3 Å². The van der Waals surface area contributed by atoms with Crippen LogP contribution in [-0.4, -0.2) is 5.11 Å². The van der Waals surface area contributed by atoms with Gasteiger partial charge in [-0.2, -0.15) is 0 Å². The molecule has 0 rings (SSSR count). The van der Waals surface area contributed by atoms with E-state index in [0.29, 0.717) is 6.26 Å². The smallest absolute Gasteiger partial charge is 0 e. The van der Waals surface area contributed by atoms with Crippen LogP contribution < -0.4 is 0 Å². The van der Waals surface area contributed by atoms with E-state index in [9.17, 15) is 0 Å². The molecule has 1 nitrogen and oxygen atoms in total. The van der Waals surface area contributed by atoms with Gasteiger partial charge in [0, 0.05) is 52.2 Å². The molecule has 0 aromatic rings. The summed E-state index contributed by atoms with van der Waals surface area (Å²) in [6, 6.07) is 0. The van der Waals surface area contributed by atoms with Crippen molar-refractivity contribution in [1.82, 2.24) is 0 Å². The molecule has 0 bridgehead atoms. The molecule has 0 radical (unpaired) electrons. The Labute approximate surface area is 76.8 Å². The van der Waals surface area contributed by atoms with Crippen LogP contribution in [0.5, 0.6) is 0 Å². The molecule has 0 aromatic heterocycles. The molecule has 0 atom stereocenters. The molecule has 0 saturated carbocycles. The molecule has 0 fully saturated rings. The predicted octanol–water partition coefficient (Wildman–Crippen LogP) is 0.939. The van der Waals surface area contributed by atoms with Crippen molar-refractivity contribution >= 4 is 0 Å². The Bertz CT molecular complexity index is 18.3. The molecule has 36 valence electrons. The van der Waals surface area contributed by atoms with Crippen LogP contribution in [0.2, 0.25) is 0 Å². The van der Waals surface area contributed by atoms with Crippen molar-refractivity contribution in [3.63, 3.8) is 0 Å². The average molecular weight is 480 g/mol. The van der Waals surface area contributed by atoms with Gasteiger partial charge in [0.05, 0.1) is 0 Å². The number of aliphatic hydroxyl groups is 1. The monoisotopic (exact) mass is 480 g/mol. The van der Waals surface area contributed by atoms with Gasteiger partial charge in [0.25, 0.3) is 0 Å². The van der Waals surface area contributed by atoms with Crippen molar-refractivity contribution in [3.8, 4) is 0 Å². The molecular weight excluding hydrogens is 474 g/mol. The molecule has 0 aliphatic rings. The molecule has 0 aromatic carbocycles. The van der Waals surface area contributed by atoms with Crippen LogP contribution in [0.25, 0.3) is 0 Å². The standard InChI is InChI=1S/C2H3O.CH3.U.W/c1-2-3;;;/h1-3H;1H3;;/q2*-1;;. The predicted molar refractivity (Wildman–Crippen MR) is 17.9 cm³/mol. The van der Waals surface area contributed by atoms with Crippen LogP contribution in [-0.2, 0) is 21.1 Å². The second kappa shape index (κ2) is 33.7. The van der Waals surface area contributed by atoms with E-state index in [1.807, 2.05) is 0 Å². The van der Waals surface area contributed by atoms with Crippen molar-refractivity contribution in [1.29, 1.82) is 0 Å². The molecule has 0 unspecified atom stereocenters. The minimum Gasteiger partial charge on any atom is -0.553 e. The maximum Gasteiger partial charge on any atom is 0 e. The first kappa shape index (κ1) is 26.7. The summed E-state index contributed by atoms with van der Waals surface area (Å²) in [6.45, 7) is 4.28. The third-order valence-corrected chi connectivity index (χ3v) is 0. The zero-order chi connectivity index (χ0) is 2.71. The molecule has 6 heavy (non-hydrogen) atoms. The molecule has 0 saturated heterocycles. The van der Waals surface area contributed by atoms with E-state index in [0.717, 1.165) is 0 Å². The Morgan fingerprint density at radius 1 is 1.50 bits per heavy atom. The maximum absolute atomic E-state index is 7.22. The Morgan fingerprint density at radius 3 is 1.50 bits per heavy atom. The third-order valence-electron chi connectivity index (χ3n) is 0. The van der Waals surface area contributed by atoms with Gasteiger partial charge in [-0.25, -0.2) is 0 Å². The second-order valence-electron chi connectivity index (χ2n) is 0.149. The topological polar surface area (TPSA) is 20.2 Å². The van der Waals surface area contributed by atoms with Crippen LogP contribution in [0, 0.1) is 45.1 Å². The Kier molecular flexibility index (Phi) is 150. The molecule has 0 aliphatic carbocycles. The fourth-order valence-corrected chi connectivity index (χ4v) is 0. The van der Waals surface area contributed by atoms with Gasteiger partial charge in [-0.3, -0.25) is 0 Å². The first-order valence-corrected chi connectivity index (χ1v) is 0.592. The van der Waals surface area contributed by atoms with Crippen molar-refractivity contribution in [2.75, 3.05) is 0 Å². The summed E-state index contributed by atoms with van der Waals surface area (Å²) < 4.78 is 0.